The first-order chi connectivity index (χ1) is 6.75. The molecule has 1 aromatic rings. The number of carboxylic acids is 1. The van der Waals surface area contributed by atoms with Gasteiger partial charge in [-0.1, -0.05) is 0 Å². The number of hydrogen-bond donors (Lipinski definition) is 1. The number of nitrogens with zero attached hydrogens (tertiary/aromatic N) is 1. The van der Waals surface area contributed by atoms with E-state index in [1.165, 1.54) is 17.8 Å². The molecule has 0 spiro atoms. The Hall–Kier alpha value is -0.900. The molecule has 0 radical (unpaired) electrons. The maximum absolute atomic E-state index is 10.7. The predicted molar refractivity (Wildman–Crippen MR) is 52.6 cm³/mol. The molecule has 2 aliphatic rings. The van der Waals surface area contributed by atoms with E-state index in [4.69, 9.17) is 5.11 Å². The van der Waals surface area contributed by atoms with Gasteiger partial charge in [0.15, 0.2) is 0 Å². The molecular weight excluding hydrogens is 198 g/mol. The molecule has 2 fully saturated rings. The molecular formula is C10H11NO2S. The summed E-state index contributed by atoms with van der Waals surface area (Å²) in [5.41, 5.74) is 1.02. The van der Waals surface area contributed by atoms with E-state index in [-0.39, 0.29) is 11.8 Å². The summed E-state index contributed by atoms with van der Waals surface area (Å²) in [6.45, 7) is 0. The highest BCUT2D eigenvalue weighted by atomic mass is 32.1. The number of rotatable bonds is 3. The van der Waals surface area contributed by atoms with Gasteiger partial charge in [-0.2, -0.15) is 0 Å². The van der Waals surface area contributed by atoms with Gasteiger partial charge in [0.1, 0.15) is 0 Å². The summed E-state index contributed by atoms with van der Waals surface area (Å²) in [6.07, 6.45) is 3.31. The van der Waals surface area contributed by atoms with E-state index in [1.54, 1.807) is 11.3 Å². The fourth-order valence-corrected chi connectivity index (χ4v) is 2.84. The van der Waals surface area contributed by atoms with Gasteiger partial charge in [0.2, 0.25) is 0 Å². The summed E-state index contributed by atoms with van der Waals surface area (Å²) < 4.78 is 0. The molecule has 14 heavy (non-hydrogen) atoms. The molecule has 74 valence electrons. The van der Waals surface area contributed by atoms with Gasteiger partial charge in [-0.25, -0.2) is 4.98 Å². The van der Waals surface area contributed by atoms with Crippen LogP contribution in [0.5, 0.6) is 0 Å². The molecule has 1 heterocycles. The third-order valence-electron chi connectivity index (χ3n) is 2.95. The lowest BCUT2D eigenvalue weighted by molar-refractivity contribution is -0.138. The van der Waals surface area contributed by atoms with Crippen LogP contribution in [0.2, 0.25) is 0 Å². The van der Waals surface area contributed by atoms with Gasteiger partial charge in [0.25, 0.3) is 0 Å². The van der Waals surface area contributed by atoms with Gasteiger partial charge >= 0.3 is 5.97 Å². The van der Waals surface area contributed by atoms with Crippen molar-refractivity contribution in [1.29, 1.82) is 0 Å². The molecule has 0 aromatic carbocycles. The topological polar surface area (TPSA) is 50.2 Å². The van der Waals surface area contributed by atoms with Crippen molar-refractivity contribution >= 4 is 17.3 Å². The van der Waals surface area contributed by atoms with Gasteiger partial charge in [-0.05, 0) is 19.3 Å². The zero-order chi connectivity index (χ0) is 9.71. The van der Waals surface area contributed by atoms with E-state index in [1.807, 2.05) is 5.38 Å². The Balaban J connectivity index is 1.75. The molecule has 2 saturated carbocycles. The minimum atomic E-state index is -0.670. The quantitative estimate of drug-likeness (QED) is 0.830. The Morgan fingerprint density at radius 2 is 2.36 bits per heavy atom. The van der Waals surface area contributed by atoms with Gasteiger partial charge < -0.3 is 5.11 Å². The molecule has 1 aromatic heterocycles. The summed E-state index contributed by atoms with van der Waals surface area (Å²) in [5, 5.41) is 12.1. The third-order valence-corrected chi connectivity index (χ3v) is 3.98. The van der Waals surface area contributed by atoms with Crippen LogP contribution < -0.4 is 0 Å². The monoisotopic (exact) mass is 209 g/mol. The van der Waals surface area contributed by atoms with Crippen molar-refractivity contribution in [3.8, 4) is 0 Å². The van der Waals surface area contributed by atoms with Crippen LogP contribution in [0.25, 0.3) is 0 Å². The second-order valence-corrected chi connectivity index (χ2v) is 5.06. The highest BCUT2D eigenvalue weighted by Crippen LogP contribution is 2.49. The normalized spacial score (nSPS) is 30.3. The van der Waals surface area contributed by atoms with E-state index in [2.05, 4.69) is 4.98 Å². The minimum absolute atomic E-state index is 0.163. The SMILES string of the molecule is O=C(O)C1CC1c1csc(C2CC2)n1. The van der Waals surface area contributed by atoms with Crippen molar-refractivity contribution < 1.29 is 9.90 Å². The van der Waals surface area contributed by atoms with Gasteiger partial charge in [-0.3, -0.25) is 4.79 Å². The van der Waals surface area contributed by atoms with E-state index >= 15 is 0 Å². The van der Waals surface area contributed by atoms with Crippen LogP contribution in [0.15, 0.2) is 5.38 Å². The first kappa shape index (κ1) is 8.41. The van der Waals surface area contributed by atoms with Crippen molar-refractivity contribution in [2.75, 3.05) is 0 Å². The number of aromatic nitrogens is 1. The van der Waals surface area contributed by atoms with E-state index < -0.39 is 5.97 Å². The molecule has 3 rings (SSSR count). The van der Waals surface area contributed by atoms with Gasteiger partial charge in [0, 0.05) is 17.2 Å². The number of carbonyl (C=O) groups is 1. The van der Waals surface area contributed by atoms with Crippen LogP contribution in [0.1, 0.15) is 41.8 Å². The molecule has 0 amide bonds. The Bertz CT molecular complexity index is 383. The van der Waals surface area contributed by atoms with Gasteiger partial charge in [-0.15, -0.1) is 11.3 Å². The standard InChI is InChI=1S/C10H11NO2S/c12-10(13)7-3-6(7)8-4-14-9(11-8)5-1-2-5/h4-7H,1-3H2,(H,12,13). The largest absolute Gasteiger partial charge is 0.481 e. The molecule has 0 saturated heterocycles. The second kappa shape index (κ2) is 2.79. The maximum Gasteiger partial charge on any atom is 0.307 e. The van der Waals surface area contributed by atoms with Crippen molar-refractivity contribution in [2.45, 2.75) is 31.1 Å². The summed E-state index contributed by atoms with van der Waals surface area (Å²) in [7, 11) is 0. The summed E-state index contributed by atoms with van der Waals surface area (Å²) in [6, 6.07) is 0. The Morgan fingerprint density at radius 3 is 2.93 bits per heavy atom. The van der Waals surface area contributed by atoms with Gasteiger partial charge in [0.05, 0.1) is 16.6 Å². The van der Waals surface area contributed by atoms with Crippen molar-refractivity contribution in [2.24, 2.45) is 5.92 Å². The second-order valence-electron chi connectivity index (χ2n) is 4.17. The lowest BCUT2D eigenvalue weighted by Crippen LogP contribution is -1.99. The maximum atomic E-state index is 10.7. The molecule has 4 heteroatoms. The zero-order valence-electron chi connectivity index (χ0n) is 7.64. The fraction of sp³-hybridized carbons (Fsp3) is 0.600. The average molecular weight is 209 g/mol. The lowest BCUT2D eigenvalue weighted by Gasteiger charge is -1.90. The highest BCUT2D eigenvalue weighted by Gasteiger charge is 2.46. The lowest BCUT2D eigenvalue weighted by atomic mass is 10.2. The van der Waals surface area contributed by atoms with Crippen LogP contribution >= 0.6 is 11.3 Å². The Kier molecular flexibility index (Phi) is 1.68. The predicted octanol–water partition coefficient (Wildman–Crippen LogP) is 2.21. The van der Waals surface area contributed by atoms with Crippen LogP contribution in [0.3, 0.4) is 0 Å². The highest BCUT2D eigenvalue weighted by molar-refractivity contribution is 7.09. The van der Waals surface area contributed by atoms with E-state index in [9.17, 15) is 4.79 Å². The first-order valence-corrected chi connectivity index (χ1v) is 5.82. The van der Waals surface area contributed by atoms with Crippen LogP contribution in [-0.2, 0) is 4.79 Å². The smallest absolute Gasteiger partial charge is 0.307 e. The molecule has 1 N–H and O–H groups in total. The average Bonchev–Trinajstić information content (AvgIpc) is 3.05. The first-order valence-electron chi connectivity index (χ1n) is 4.94. The zero-order valence-corrected chi connectivity index (χ0v) is 8.46. The van der Waals surface area contributed by atoms with E-state index in [0.29, 0.717) is 5.92 Å². The third kappa shape index (κ3) is 1.34. The molecule has 2 unspecified atom stereocenters. The molecule has 0 aliphatic heterocycles. The van der Waals surface area contributed by atoms with Crippen molar-refractivity contribution in [3.05, 3.63) is 16.1 Å². The summed E-state index contributed by atoms with van der Waals surface area (Å²) in [5.74, 6) is 0.0622. The van der Waals surface area contributed by atoms with Crippen molar-refractivity contribution in [3.63, 3.8) is 0 Å². The molecule has 2 atom stereocenters. The fourth-order valence-electron chi connectivity index (χ4n) is 1.78. The molecule has 2 aliphatic carbocycles. The van der Waals surface area contributed by atoms with Crippen LogP contribution in [0, 0.1) is 5.92 Å². The number of carboxylic acid groups (broad SMARTS) is 1. The van der Waals surface area contributed by atoms with Crippen LogP contribution in [0.4, 0.5) is 0 Å². The molecule has 3 nitrogen and oxygen atoms in total. The number of thiazole rings is 1. The summed E-state index contributed by atoms with van der Waals surface area (Å²) >= 11 is 1.70. The van der Waals surface area contributed by atoms with E-state index in [0.717, 1.165) is 12.1 Å². The minimum Gasteiger partial charge on any atom is -0.481 e. The number of aliphatic carboxylic acids is 1. The van der Waals surface area contributed by atoms with Crippen LogP contribution in [-0.4, -0.2) is 16.1 Å². The number of hydrogen-bond acceptors (Lipinski definition) is 3. The summed E-state index contributed by atoms with van der Waals surface area (Å²) in [4.78, 5) is 15.2. The molecule has 0 bridgehead atoms. The Labute approximate surface area is 85.8 Å². The van der Waals surface area contributed by atoms with Crippen molar-refractivity contribution in [1.82, 2.24) is 4.98 Å². The Morgan fingerprint density at radius 1 is 1.57 bits per heavy atom.